The standard InChI is InChI=1S/C23H28N4O4S/c1-5-15-6-8-17(9-7-15)24-19(28)23(11-12-23)32-20-26-25-18(16-10-13-30-14-16)27(20)21(29)31-22(2,3)4/h6,8,10,13-14H,5,7,9,11-12H2,1-4H3,(H,24,28). The molecule has 9 heteroatoms. The number of carbonyl (C=O) groups excluding carboxylic acids is 2. The molecule has 0 atom stereocenters. The number of aromatic nitrogens is 3. The van der Waals surface area contributed by atoms with Crippen molar-refractivity contribution in [2.45, 2.75) is 75.3 Å². The molecular formula is C23H28N4O4S. The van der Waals surface area contributed by atoms with Gasteiger partial charge in [0.1, 0.15) is 16.6 Å². The molecule has 1 fully saturated rings. The average molecular weight is 457 g/mol. The number of thioether (sulfide) groups is 1. The van der Waals surface area contributed by atoms with Crippen molar-refractivity contribution in [2.24, 2.45) is 0 Å². The zero-order valence-corrected chi connectivity index (χ0v) is 19.6. The van der Waals surface area contributed by atoms with Gasteiger partial charge in [-0.15, -0.1) is 10.2 Å². The summed E-state index contributed by atoms with van der Waals surface area (Å²) in [7, 11) is 0. The van der Waals surface area contributed by atoms with Gasteiger partial charge in [-0.1, -0.05) is 30.3 Å². The molecule has 2 heterocycles. The maximum absolute atomic E-state index is 13.1. The lowest BCUT2D eigenvalue weighted by molar-refractivity contribution is -0.120. The zero-order valence-electron chi connectivity index (χ0n) is 18.8. The third kappa shape index (κ3) is 4.82. The van der Waals surface area contributed by atoms with Crippen LogP contribution in [0.5, 0.6) is 0 Å². The highest BCUT2D eigenvalue weighted by molar-refractivity contribution is 8.01. The lowest BCUT2D eigenvalue weighted by atomic mass is 10.0. The highest BCUT2D eigenvalue weighted by Gasteiger charge is 2.52. The molecule has 2 aliphatic rings. The Bertz CT molecular complexity index is 1070. The fourth-order valence-electron chi connectivity index (χ4n) is 3.39. The van der Waals surface area contributed by atoms with Crippen LogP contribution in [0, 0.1) is 0 Å². The van der Waals surface area contributed by atoms with E-state index >= 15 is 0 Å². The number of nitrogens with zero attached hydrogens (tertiary/aromatic N) is 3. The van der Waals surface area contributed by atoms with Gasteiger partial charge >= 0.3 is 6.09 Å². The second kappa shape index (κ2) is 8.61. The Morgan fingerprint density at radius 1 is 1.25 bits per heavy atom. The molecular weight excluding hydrogens is 428 g/mol. The average Bonchev–Trinajstić information content (AvgIpc) is 3.12. The molecule has 0 saturated heterocycles. The van der Waals surface area contributed by atoms with Gasteiger partial charge in [0, 0.05) is 5.70 Å². The minimum Gasteiger partial charge on any atom is -0.472 e. The van der Waals surface area contributed by atoms with Gasteiger partial charge in [0.15, 0.2) is 5.82 Å². The number of amides is 1. The van der Waals surface area contributed by atoms with E-state index in [1.807, 2.05) is 6.08 Å². The first kappa shape index (κ1) is 22.4. The number of furan rings is 1. The molecule has 0 radical (unpaired) electrons. The molecule has 2 aromatic heterocycles. The highest BCUT2D eigenvalue weighted by atomic mass is 32.2. The molecule has 32 heavy (non-hydrogen) atoms. The Hall–Kier alpha value is -2.81. The van der Waals surface area contributed by atoms with Crippen LogP contribution < -0.4 is 5.32 Å². The Balaban J connectivity index is 1.57. The van der Waals surface area contributed by atoms with Gasteiger partial charge in [-0.25, -0.2) is 9.36 Å². The highest BCUT2D eigenvalue weighted by Crippen LogP contribution is 2.52. The van der Waals surface area contributed by atoms with E-state index in [1.165, 1.54) is 34.4 Å². The first-order valence-corrected chi connectivity index (χ1v) is 11.6. The number of hydrogen-bond acceptors (Lipinski definition) is 7. The lowest BCUT2D eigenvalue weighted by Crippen LogP contribution is -2.34. The van der Waals surface area contributed by atoms with E-state index in [-0.39, 0.29) is 5.91 Å². The Labute approximate surface area is 191 Å². The largest absolute Gasteiger partial charge is 0.472 e. The number of allylic oxidation sites excluding steroid dienone is 4. The second-order valence-electron chi connectivity index (χ2n) is 9.05. The smallest absolute Gasteiger partial charge is 0.422 e. The monoisotopic (exact) mass is 456 g/mol. The SMILES string of the molecule is CCC1=CC=C(NC(=O)C2(Sc3nnc(-c4ccoc4)n3C(=O)OC(C)(C)C)CC2)CC1. The van der Waals surface area contributed by atoms with Crippen molar-refractivity contribution in [1.29, 1.82) is 0 Å². The molecule has 170 valence electrons. The molecule has 0 bridgehead atoms. The van der Waals surface area contributed by atoms with Crippen LogP contribution in [0.25, 0.3) is 11.4 Å². The summed E-state index contributed by atoms with van der Waals surface area (Å²) >= 11 is 1.26. The minimum absolute atomic E-state index is 0.0642. The number of hydrogen-bond donors (Lipinski definition) is 1. The summed E-state index contributed by atoms with van der Waals surface area (Å²) in [5.74, 6) is 0.254. The minimum atomic E-state index is -0.691. The van der Waals surface area contributed by atoms with Crippen molar-refractivity contribution < 1.29 is 18.7 Å². The van der Waals surface area contributed by atoms with Crippen LogP contribution in [0.1, 0.15) is 59.8 Å². The Kier molecular flexibility index (Phi) is 6.03. The third-order valence-electron chi connectivity index (χ3n) is 5.36. The topological polar surface area (TPSA) is 99.3 Å². The van der Waals surface area contributed by atoms with Crippen LogP contribution in [0.15, 0.2) is 51.6 Å². The molecule has 1 N–H and O–H groups in total. The second-order valence-corrected chi connectivity index (χ2v) is 10.4. The van der Waals surface area contributed by atoms with E-state index < -0.39 is 16.4 Å². The molecule has 1 amide bonds. The Morgan fingerprint density at radius 2 is 2.03 bits per heavy atom. The van der Waals surface area contributed by atoms with Gasteiger partial charge in [-0.3, -0.25) is 4.79 Å². The third-order valence-corrected chi connectivity index (χ3v) is 6.79. The number of carbonyl (C=O) groups is 2. The van der Waals surface area contributed by atoms with Crippen molar-refractivity contribution in [3.8, 4) is 11.4 Å². The molecule has 0 aromatic carbocycles. The van der Waals surface area contributed by atoms with Crippen molar-refractivity contribution in [1.82, 2.24) is 20.1 Å². The summed E-state index contributed by atoms with van der Waals surface area (Å²) in [5.41, 5.74) is 2.22. The van der Waals surface area contributed by atoms with Gasteiger partial charge in [0.25, 0.3) is 0 Å². The summed E-state index contributed by atoms with van der Waals surface area (Å²) in [6, 6.07) is 1.70. The van der Waals surface area contributed by atoms with E-state index in [0.29, 0.717) is 29.4 Å². The maximum Gasteiger partial charge on any atom is 0.422 e. The van der Waals surface area contributed by atoms with Crippen LogP contribution in [-0.2, 0) is 9.53 Å². The van der Waals surface area contributed by atoms with Crippen LogP contribution in [-0.4, -0.2) is 37.1 Å². The fraction of sp³-hybridized carbons (Fsp3) is 0.478. The quantitative estimate of drug-likeness (QED) is 0.647. The van der Waals surface area contributed by atoms with Crippen LogP contribution in [0.3, 0.4) is 0 Å². The molecule has 8 nitrogen and oxygen atoms in total. The lowest BCUT2D eigenvalue weighted by Gasteiger charge is -2.21. The van der Waals surface area contributed by atoms with Crippen LogP contribution in [0.2, 0.25) is 0 Å². The van der Waals surface area contributed by atoms with Crippen LogP contribution in [0.4, 0.5) is 4.79 Å². The molecule has 2 aliphatic carbocycles. The molecule has 0 spiro atoms. The summed E-state index contributed by atoms with van der Waals surface area (Å²) in [4.78, 5) is 26.1. The van der Waals surface area contributed by atoms with Gasteiger partial charge in [-0.2, -0.15) is 0 Å². The van der Waals surface area contributed by atoms with E-state index in [0.717, 1.165) is 25.0 Å². The van der Waals surface area contributed by atoms with Crippen molar-refractivity contribution in [3.63, 3.8) is 0 Å². The molecule has 2 aromatic rings. The summed E-state index contributed by atoms with van der Waals surface area (Å²) in [6.07, 6.45) is 10.7. The maximum atomic E-state index is 13.1. The van der Waals surface area contributed by atoms with Gasteiger partial charge in [0.05, 0.1) is 11.8 Å². The zero-order chi connectivity index (χ0) is 22.9. The molecule has 4 rings (SSSR count). The molecule has 0 aliphatic heterocycles. The fourth-order valence-corrected chi connectivity index (χ4v) is 4.52. The van der Waals surface area contributed by atoms with E-state index in [9.17, 15) is 9.59 Å². The molecule has 1 saturated carbocycles. The number of ether oxygens (including phenoxy) is 1. The van der Waals surface area contributed by atoms with E-state index in [2.05, 4.69) is 28.5 Å². The van der Waals surface area contributed by atoms with Crippen molar-refractivity contribution >= 4 is 23.8 Å². The predicted octanol–water partition coefficient (Wildman–Crippen LogP) is 5.08. The first-order valence-electron chi connectivity index (χ1n) is 10.8. The number of rotatable bonds is 6. The Morgan fingerprint density at radius 3 is 2.59 bits per heavy atom. The number of nitrogens with one attached hydrogen (secondary N) is 1. The van der Waals surface area contributed by atoms with E-state index in [4.69, 9.17) is 9.15 Å². The van der Waals surface area contributed by atoms with Crippen molar-refractivity contribution in [3.05, 3.63) is 42.0 Å². The van der Waals surface area contributed by atoms with Gasteiger partial charge in [-0.05, 0) is 65.0 Å². The summed E-state index contributed by atoms with van der Waals surface area (Å²) in [6.45, 7) is 7.53. The normalized spacial score (nSPS) is 17.4. The van der Waals surface area contributed by atoms with Gasteiger partial charge < -0.3 is 14.5 Å². The van der Waals surface area contributed by atoms with Gasteiger partial charge in [0.2, 0.25) is 11.1 Å². The van der Waals surface area contributed by atoms with Crippen LogP contribution >= 0.6 is 11.8 Å². The van der Waals surface area contributed by atoms with E-state index in [1.54, 1.807) is 26.8 Å². The summed E-state index contributed by atoms with van der Waals surface area (Å²) < 4.78 is 11.4. The summed E-state index contributed by atoms with van der Waals surface area (Å²) in [5, 5.41) is 11.8. The molecule has 0 unspecified atom stereocenters. The van der Waals surface area contributed by atoms with Crippen molar-refractivity contribution in [2.75, 3.05) is 0 Å². The first-order chi connectivity index (χ1) is 15.2. The predicted molar refractivity (Wildman–Crippen MR) is 121 cm³/mol.